The van der Waals surface area contributed by atoms with E-state index in [0.717, 1.165) is 9.13 Å². The summed E-state index contributed by atoms with van der Waals surface area (Å²) in [5.41, 5.74) is 2.97. The van der Waals surface area contributed by atoms with E-state index in [4.69, 9.17) is 11.6 Å². The van der Waals surface area contributed by atoms with Crippen molar-refractivity contribution in [2.75, 3.05) is 10.2 Å². The molecule has 0 radical (unpaired) electrons. The van der Waals surface area contributed by atoms with Crippen LogP contribution in [0.25, 0.3) is 0 Å². The maximum absolute atomic E-state index is 13.5. The number of carbonyl (C=O) groups excluding carboxylic acids is 1. The van der Waals surface area contributed by atoms with Gasteiger partial charge in [-0.3, -0.25) is 19.8 Å². The Morgan fingerprint density at radius 3 is 2.66 bits per heavy atom. The fourth-order valence-electron chi connectivity index (χ4n) is 3.45. The van der Waals surface area contributed by atoms with Gasteiger partial charge in [0.15, 0.2) is 0 Å². The molecule has 146 valence electrons. The third-order valence-corrected chi connectivity index (χ3v) is 5.65. The van der Waals surface area contributed by atoms with Gasteiger partial charge in [-0.2, -0.15) is 0 Å². The number of nitro groups is 1. The number of carbonyl (C=O) groups is 1. The summed E-state index contributed by atoms with van der Waals surface area (Å²) < 4.78 is 0.924. The summed E-state index contributed by atoms with van der Waals surface area (Å²) >= 11 is 8.32. The van der Waals surface area contributed by atoms with Gasteiger partial charge in [-0.1, -0.05) is 23.7 Å². The van der Waals surface area contributed by atoms with Crippen molar-refractivity contribution in [1.82, 2.24) is 0 Å². The van der Waals surface area contributed by atoms with E-state index in [1.54, 1.807) is 11.0 Å². The maximum Gasteiger partial charge on any atom is 0.276 e. The molecule has 29 heavy (non-hydrogen) atoms. The lowest BCUT2D eigenvalue weighted by Gasteiger charge is -2.38. The standard InChI is InChI=1S/C21H15ClIN3O3/c1-12-3-2-4-15(9-12)25-20(17-10-13(22)5-8-19(17)26(28)29)24-18-7-6-14(23)11-16(18)21(25)27/h2-11,20,24H,1H3/t20-/m1/s1. The van der Waals surface area contributed by atoms with Crippen LogP contribution >= 0.6 is 34.2 Å². The predicted octanol–water partition coefficient (Wildman–Crippen LogP) is 5.93. The summed E-state index contributed by atoms with van der Waals surface area (Å²) in [7, 11) is 0. The Labute approximate surface area is 185 Å². The number of benzene rings is 3. The number of hydrogen-bond acceptors (Lipinski definition) is 4. The normalized spacial score (nSPS) is 15.6. The molecule has 0 bridgehead atoms. The second-order valence-corrected chi connectivity index (χ2v) is 8.39. The third-order valence-electron chi connectivity index (χ3n) is 4.74. The van der Waals surface area contributed by atoms with E-state index in [1.165, 1.54) is 18.2 Å². The van der Waals surface area contributed by atoms with Crippen molar-refractivity contribution >= 4 is 57.2 Å². The minimum Gasteiger partial charge on any atom is -0.360 e. The highest BCUT2D eigenvalue weighted by Gasteiger charge is 2.37. The Morgan fingerprint density at radius 2 is 1.93 bits per heavy atom. The molecule has 1 amide bonds. The van der Waals surface area contributed by atoms with E-state index >= 15 is 0 Å². The fraction of sp³-hybridized carbons (Fsp3) is 0.0952. The Balaban J connectivity index is 1.95. The van der Waals surface area contributed by atoms with E-state index in [9.17, 15) is 14.9 Å². The average molecular weight is 520 g/mol. The average Bonchev–Trinajstić information content (AvgIpc) is 2.68. The number of nitro benzene ring substituents is 1. The van der Waals surface area contributed by atoms with Crippen molar-refractivity contribution in [3.63, 3.8) is 0 Å². The molecule has 6 nitrogen and oxygen atoms in total. The van der Waals surface area contributed by atoms with Gasteiger partial charge < -0.3 is 5.32 Å². The molecule has 8 heteroatoms. The summed E-state index contributed by atoms with van der Waals surface area (Å²) in [6.45, 7) is 1.93. The van der Waals surface area contributed by atoms with Crippen LogP contribution in [0, 0.1) is 20.6 Å². The van der Waals surface area contributed by atoms with Crippen molar-refractivity contribution in [3.8, 4) is 0 Å². The van der Waals surface area contributed by atoms with Gasteiger partial charge >= 0.3 is 0 Å². The number of anilines is 2. The van der Waals surface area contributed by atoms with Gasteiger partial charge in [0, 0.05) is 26.0 Å². The van der Waals surface area contributed by atoms with Crippen LogP contribution in [-0.4, -0.2) is 10.8 Å². The molecule has 0 aromatic heterocycles. The molecular formula is C21H15ClIN3O3. The van der Waals surface area contributed by atoms with Crippen LogP contribution in [0.5, 0.6) is 0 Å². The summed E-state index contributed by atoms with van der Waals surface area (Å²) in [4.78, 5) is 26.3. The molecule has 0 saturated heterocycles. The lowest BCUT2D eigenvalue weighted by molar-refractivity contribution is -0.385. The van der Waals surface area contributed by atoms with Gasteiger partial charge in [-0.25, -0.2) is 0 Å². The Morgan fingerprint density at radius 1 is 1.14 bits per heavy atom. The molecule has 3 aromatic carbocycles. The number of amides is 1. The van der Waals surface area contributed by atoms with Gasteiger partial charge in [0.2, 0.25) is 0 Å². The van der Waals surface area contributed by atoms with E-state index in [1.807, 2.05) is 43.3 Å². The van der Waals surface area contributed by atoms with Gasteiger partial charge in [-0.15, -0.1) is 0 Å². The lowest BCUT2D eigenvalue weighted by atomic mass is 10.0. The van der Waals surface area contributed by atoms with Crippen LogP contribution in [0.3, 0.4) is 0 Å². The Bertz CT molecular complexity index is 1150. The molecule has 0 fully saturated rings. The van der Waals surface area contributed by atoms with Crippen molar-refractivity contribution < 1.29 is 9.72 Å². The molecule has 0 spiro atoms. The van der Waals surface area contributed by atoms with Gasteiger partial charge in [-0.05, 0) is 77.5 Å². The first-order chi connectivity index (χ1) is 13.8. The molecule has 1 atom stereocenters. The molecule has 0 saturated carbocycles. The highest BCUT2D eigenvalue weighted by atomic mass is 127. The Hall–Kier alpha value is -2.65. The number of halogens is 2. The molecule has 0 unspecified atom stereocenters. The minimum absolute atomic E-state index is 0.105. The summed E-state index contributed by atoms with van der Waals surface area (Å²) in [5, 5.41) is 15.3. The number of fused-ring (bicyclic) bond motifs is 1. The van der Waals surface area contributed by atoms with E-state index in [-0.39, 0.29) is 11.6 Å². The molecule has 0 aliphatic carbocycles. The first-order valence-corrected chi connectivity index (χ1v) is 10.2. The third kappa shape index (κ3) is 3.67. The molecular weight excluding hydrogens is 505 g/mol. The quantitative estimate of drug-likeness (QED) is 0.264. The van der Waals surface area contributed by atoms with Gasteiger partial charge in [0.1, 0.15) is 6.17 Å². The number of nitrogens with one attached hydrogen (secondary N) is 1. The summed E-state index contributed by atoms with van der Waals surface area (Å²) in [5.74, 6) is -0.234. The molecule has 1 heterocycles. The number of rotatable bonds is 3. The predicted molar refractivity (Wildman–Crippen MR) is 122 cm³/mol. The summed E-state index contributed by atoms with van der Waals surface area (Å²) in [6, 6.07) is 17.3. The van der Waals surface area contributed by atoms with Crippen molar-refractivity contribution in [2.24, 2.45) is 0 Å². The number of nitrogens with zero attached hydrogens (tertiary/aromatic N) is 2. The zero-order chi connectivity index (χ0) is 20.7. The lowest BCUT2D eigenvalue weighted by Crippen LogP contribution is -2.43. The van der Waals surface area contributed by atoms with Crippen LogP contribution in [0.4, 0.5) is 17.1 Å². The van der Waals surface area contributed by atoms with Crippen molar-refractivity contribution in [3.05, 3.63) is 96.1 Å². The van der Waals surface area contributed by atoms with Crippen LogP contribution < -0.4 is 10.2 Å². The second kappa shape index (κ2) is 7.64. The van der Waals surface area contributed by atoms with Gasteiger partial charge in [0.05, 0.1) is 16.1 Å². The van der Waals surface area contributed by atoms with Crippen molar-refractivity contribution in [2.45, 2.75) is 13.1 Å². The zero-order valence-electron chi connectivity index (χ0n) is 15.2. The topological polar surface area (TPSA) is 75.5 Å². The maximum atomic E-state index is 13.5. The monoisotopic (exact) mass is 519 g/mol. The minimum atomic E-state index is -0.782. The highest BCUT2D eigenvalue weighted by molar-refractivity contribution is 14.1. The molecule has 1 aliphatic heterocycles. The first kappa shape index (κ1) is 19.7. The SMILES string of the molecule is Cc1cccc(N2C(=O)c3cc(I)ccc3N[C@H]2c2cc(Cl)ccc2[N+](=O)[O-])c1. The zero-order valence-corrected chi connectivity index (χ0v) is 18.1. The molecule has 3 aromatic rings. The van der Waals surface area contributed by atoms with Crippen LogP contribution in [0.15, 0.2) is 60.7 Å². The largest absolute Gasteiger partial charge is 0.360 e. The first-order valence-electron chi connectivity index (χ1n) is 8.75. The second-order valence-electron chi connectivity index (χ2n) is 6.71. The highest BCUT2D eigenvalue weighted by Crippen LogP contribution is 2.40. The van der Waals surface area contributed by atoms with E-state index in [0.29, 0.717) is 27.5 Å². The molecule has 1 aliphatic rings. The number of hydrogen-bond donors (Lipinski definition) is 1. The molecule has 4 rings (SSSR count). The summed E-state index contributed by atoms with van der Waals surface area (Å²) in [6.07, 6.45) is -0.782. The van der Waals surface area contributed by atoms with Crippen LogP contribution in [0.1, 0.15) is 27.7 Å². The van der Waals surface area contributed by atoms with Crippen LogP contribution in [0.2, 0.25) is 5.02 Å². The number of aryl methyl sites for hydroxylation is 1. The van der Waals surface area contributed by atoms with Crippen LogP contribution in [-0.2, 0) is 0 Å². The Kier molecular flexibility index (Phi) is 5.18. The van der Waals surface area contributed by atoms with Gasteiger partial charge in [0.25, 0.3) is 11.6 Å². The van der Waals surface area contributed by atoms with Crippen molar-refractivity contribution in [1.29, 1.82) is 0 Å². The van der Waals surface area contributed by atoms with E-state index < -0.39 is 11.1 Å². The smallest absolute Gasteiger partial charge is 0.276 e. The van der Waals surface area contributed by atoms with E-state index in [2.05, 4.69) is 27.9 Å². The fourth-order valence-corrected chi connectivity index (χ4v) is 4.12. The molecule has 1 N–H and O–H groups in total.